The van der Waals surface area contributed by atoms with Gasteiger partial charge in [-0.25, -0.2) is 4.98 Å². The predicted molar refractivity (Wildman–Crippen MR) is 68.2 cm³/mol. The number of hydrogen-bond donors (Lipinski definition) is 1. The summed E-state index contributed by atoms with van der Waals surface area (Å²) in [5, 5.41) is 7.02. The van der Waals surface area contributed by atoms with Crippen LogP contribution in [0.1, 0.15) is 42.2 Å². The van der Waals surface area contributed by atoms with E-state index in [1.54, 1.807) is 11.3 Å². The maximum atomic E-state index is 6.24. The minimum absolute atomic E-state index is 0.480. The Kier molecular flexibility index (Phi) is 2.71. The smallest absolute Gasteiger partial charge is 0.246 e. The Morgan fingerprint density at radius 3 is 2.89 bits per heavy atom. The van der Waals surface area contributed by atoms with Gasteiger partial charge in [-0.1, -0.05) is 5.16 Å². The summed E-state index contributed by atoms with van der Waals surface area (Å²) in [7, 11) is 0. The van der Waals surface area contributed by atoms with Gasteiger partial charge in [-0.15, -0.1) is 11.3 Å². The molecule has 2 aromatic rings. The average molecular weight is 264 g/mol. The van der Waals surface area contributed by atoms with Gasteiger partial charge in [0.15, 0.2) is 5.82 Å². The van der Waals surface area contributed by atoms with Crippen LogP contribution in [-0.2, 0) is 12.0 Å². The number of rotatable bonds is 4. The number of nitrogens with two attached hydrogens (primary N) is 1. The van der Waals surface area contributed by atoms with Gasteiger partial charge in [-0.3, -0.25) is 0 Å². The zero-order valence-corrected chi connectivity index (χ0v) is 11.3. The van der Waals surface area contributed by atoms with Crippen LogP contribution >= 0.6 is 11.3 Å². The molecular weight excluding hydrogens is 248 g/mol. The largest absolute Gasteiger partial charge is 0.337 e. The third-order valence-electron chi connectivity index (χ3n) is 3.33. The molecule has 1 aliphatic rings. The second kappa shape index (κ2) is 4.13. The zero-order valence-electron chi connectivity index (χ0n) is 10.5. The average Bonchev–Trinajstić information content (AvgIpc) is 2.96. The van der Waals surface area contributed by atoms with Crippen LogP contribution < -0.4 is 5.73 Å². The number of aromatic nitrogens is 3. The summed E-state index contributed by atoms with van der Waals surface area (Å²) in [5.74, 6) is 1.69. The summed E-state index contributed by atoms with van der Waals surface area (Å²) in [5.41, 5.74) is 6.79. The summed E-state index contributed by atoms with van der Waals surface area (Å²) in [6, 6.07) is 0. The first-order valence-electron chi connectivity index (χ1n) is 6.08. The van der Waals surface area contributed by atoms with Crippen LogP contribution in [0.4, 0.5) is 0 Å². The van der Waals surface area contributed by atoms with Crippen LogP contribution in [0.3, 0.4) is 0 Å². The molecule has 2 aromatic heterocycles. The minimum atomic E-state index is -0.482. The van der Waals surface area contributed by atoms with Crippen molar-refractivity contribution in [2.75, 3.05) is 0 Å². The van der Waals surface area contributed by atoms with Gasteiger partial charge < -0.3 is 10.3 Å². The Morgan fingerprint density at radius 1 is 1.50 bits per heavy atom. The van der Waals surface area contributed by atoms with Crippen LogP contribution in [0, 0.1) is 12.8 Å². The van der Waals surface area contributed by atoms with Crippen molar-refractivity contribution in [3.63, 3.8) is 0 Å². The molecule has 0 radical (unpaired) electrons. The summed E-state index contributed by atoms with van der Waals surface area (Å²) in [4.78, 5) is 8.80. The Hall–Kier alpha value is -1.27. The van der Waals surface area contributed by atoms with E-state index in [0.29, 0.717) is 24.1 Å². The molecular formula is C12H16N4OS. The fourth-order valence-electron chi connectivity index (χ4n) is 2.02. The summed E-state index contributed by atoms with van der Waals surface area (Å²) in [6.45, 7) is 3.95. The van der Waals surface area contributed by atoms with Crippen LogP contribution in [-0.4, -0.2) is 15.1 Å². The molecule has 0 aromatic carbocycles. The van der Waals surface area contributed by atoms with E-state index in [4.69, 9.17) is 10.3 Å². The molecule has 3 rings (SSSR count). The van der Waals surface area contributed by atoms with Gasteiger partial charge in [0.2, 0.25) is 5.89 Å². The van der Waals surface area contributed by atoms with Gasteiger partial charge in [0, 0.05) is 11.1 Å². The molecule has 1 atom stereocenters. The van der Waals surface area contributed by atoms with E-state index in [-0.39, 0.29) is 0 Å². The SMILES string of the molecule is Cc1csc(Cc2noc(C(C)(N)C3CC3)n2)n1. The third kappa shape index (κ3) is 2.18. The van der Waals surface area contributed by atoms with E-state index in [2.05, 4.69) is 15.1 Å². The molecule has 0 spiro atoms. The van der Waals surface area contributed by atoms with Crippen molar-refractivity contribution in [2.45, 2.75) is 38.6 Å². The van der Waals surface area contributed by atoms with Crippen molar-refractivity contribution in [3.8, 4) is 0 Å². The quantitative estimate of drug-likeness (QED) is 0.914. The molecule has 0 amide bonds. The number of nitrogens with zero attached hydrogens (tertiary/aromatic N) is 3. The highest BCUT2D eigenvalue weighted by atomic mass is 32.1. The molecule has 1 aliphatic carbocycles. The Morgan fingerprint density at radius 2 is 2.28 bits per heavy atom. The molecule has 0 bridgehead atoms. The monoisotopic (exact) mass is 264 g/mol. The van der Waals surface area contributed by atoms with E-state index in [9.17, 15) is 0 Å². The van der Waals surface area contributed by atoms with Gasteiger partial charge in [0.1, 0.15) is 5.01 Å². The first-order valence-corrected chi connectivity index (χ1v) is 6.96. The lowest BCUT2D eigenvalue weighted by molar-refractivity contribution is 0.272. The molecule has 2 N–H and O–H groups in total. The normalized spacial score (nSPS) is 18.8. The van der Waals surface area contributed by atoms with Crippen LogP contribution in [0.2, 0.25) is 0 Å². The molecule has 0 saturated heterocycles. The molecule has 1 fully saturated rings. The van der Waals surface area contributed by atoms with E-state index in [0.717, 1.165) is 23.5 Å². The van der Waals surface area contributed by atoms with E-state index < -0.39 is 5.54 Å². The molecule has 96 valence electrons. The molecule has 1 saturated carbocycles. The van der Waals surface area contributed by atoms with Crippen molar-refractivity contribution in [1.29, 1.82) is 0 Å². The van der Waals surface area contributed by atoms with Crippen LogP contribution in [0.5, 0.6) is 0 Å². The fraction of sp³-hybridized carbons (Fsp3) is 0.583. The van der Waals surface area contributed by atoms with Gasteiger partial charge in [-0.05, 0) is 32.6 Å². The van der Waals surface area contributed by atoms with E-state index in [1.165, 1.54) is 0 Å². The van der Waals surface area contributed by atoms with Crippen molar-refractivity contribution in [1.82, 2.24) is 15.1 Å². The molecule has 1 unspecified atom stereocenters. The van der Waals surface area contributed by atoms with Gasteiger partial charge in [0.05, 0.1) is 12.0 Å². The highest BCUT2D eigenvalue weighted by molar-refractivity contribution is 7.09. The molecule has 18 heavy (non-hydrogen) atoms. The van der Waals surface area contributed by atoms with Crippen molar-refractivity contribution in [2.24, 2.45) is 11.7 Å². The topological polar surface area (TPSA) is 77.8 Å². The lowest BCUT2D eigenvalue weighted by atomic mass is 9.97. The highest BCUT2D eigenvalue weighted by Crippen LogP contribution is 2.43. The first kappa shape index (κ1) is 11.8. The third-order valence-corrected chi connectivity index (χ3v) is 4.30. The van der Waals surface area contributed by atoms with Crippen molar-refractivity contribution >= 4 is 11.3 Å². The number of hydrogen-bond acceptors (Lipinski definition) is 6. The second-order valence-corrected chi connectivity index (χ2v) is 6.07. The standard InChI is InChI=1S/C12H16N4OS/c1-7-6-18-10(14-7)5-9-15-11(17-16-9)12(2,13)8-3-4-8/h6,8H,3-5,13H2,1-2H3. The summed E-state index contributed by atoms with van der Waals surface area (Å²) in [6.07, 6.45) is 2.91. The van der Waals surface area contributed by atoms with Gasteiger partial charge in [0.25, 0.3) is 0 Å². The van der Waals surface area contributed by atoms with Crippen LogP contribution in [0.15, 0.2) is 9.90 Å². The maximum Gasteiger partial charge on any atom is 0.246 e. The Balaban J connectivity index is 1.77. The molecule has 2 heterocycles. The second-order valence-electron chi connectivity index (χ2n) is 5.13. The molecule has 6 heteroatoms. The van der Waals surface area contributed by atoms with E-state index in [1.807, 2.05) is 19.2 Å². The Bertz CT molecular complexity index is 556. The number of thiazole rings is 1. The van der Waals surface area contributed by atoms with Gasteiger partial charge in [-0.2, -0.15) is 4.98 Å². The summed E-state index contributed by atoms with van der Waals surface area (Å²) < 4.78 is 5.30. The highest BCUT2D eigenvalue weighted by Gasteiger charge is 2.43. The fourth-order valence-corrected chi connectivity index (χ4v) is 2.79. The Labute approximate surface area is 109 Å². The summed E-state index contributed by atoms with van der Waals surface area (Å²) >= 11 is 1.62. The van der Waals surface area contributed by atoms with Gasteiger partial charge >= 0.3 is 0 Å². The predicted octanol–water partition coefficient (Wildman–Crippen LogP) is 2.01. The minimum Gasteiger partial charge on any atom is -0.337 e. The van der Waals surface area contributed by atoms with E-state index >= 15 is 0 Å². The van der Waals surface area contributed by atoms with Crippen molar-refractivity contribution in [3.05, 3.63) is 27.8 Å². The van der Waals surface area contributed by atoms with Crippen LogP contribution in [0.25, 0.3) is 0 Å². The van der Waals surface area contributed by atoms with Crippen molar-refractivity contribution < 1.29 is 4.52 Å². The molecule has 0 aliphatic heterocycles. The maximum absolute atomic E-state index is 6.24. The zero-order chi connectivity index (χ0) is 12.8. The first-order chi connectivity index (χ1) is 8.55. The number of aryl methyl sites for hydroxylation is 1. The lowest BCUT2D eigenvalue weighted by Crippen LogP contribution is -2.35. The lowest BCUT2D eigenvalue weighted by Gasteiger charge is -2.18. The molecule has 5 nitrogen and oxygen atoms in total.